The lowest BCUT2D eigenvalue weighted by atomic mass is 10.2. The molecule has 2 aromatic rings. The van der Waals surface area contributed by atoms with Crippen LogP contribution in [0.1, 0.15) is 5.56 Å². The molecule has 96 valence electrons. The topological polar surface area (TPSA) is 42.0 Å². The zero-order valence-electron chi connectivity index (χ0n) is 10.5. The van der Waals surface area contributed by atoms with Gasteiger partial charge in [-0.3, -0.25) is 9.78 Å². The number of benzene rings is 1. The molecule has 0 radical (unpaired) electrons. The summed E-state index contributed by atoms with van der Waals surface area (Å²) < 4.78 is 0. The minimum Gasteiger partial charge on any atom is -0.323 e. The molecule has 0 aliphatic rings. The zero-order chi connectivity index (χ0) is 13.5. The third-order valence-corrected chi connectivity index (χ3v) is 3.23. The molecule has 0 aliphatic carbocycles. The van der Waals surface area contributed by atoms with Gasteiger partial charge in [0.1, 0.15) is 0 Å². The number of aromatic nitrogens is 1. The Morgan fingerprint density at radius 2 is 1.84 bits per heavy atom. The molecule has 19 heavy (non-hydrogen) atoms. The van der Waals surface area contributed by atoms with Gasteiger partial charge in [-0.15, -0.1) is 11.8 Å². The highest BCUT2D eigenvalue weighted by molar-refractivity contribution is 7.98. The minimum absolute atomic E-state index is 0.145. The Hall–Kier alpha value is -2.07. The Morgan fingerprint density at radius 3 is 2.47 bits per heavy atom. The molecular weight excluding hydrogens is 256 g/mol. The Morgan fingerprint density at radius 1 is 1.16 bits per heavy atom. The maximum Gasteiger partial charge on any atom is 0.248 e. The maximum absolute atomic E-state index is 11.7. The molecule has 0 bridgehead atoms. The first-order valence-electron chi connectivity index (χ1n) is 5.81. The number of hydrogen-bond donors (Lipinski definition) is 1. The summed E-state index contributed by atoms with van der Waals surface area (Å²) in [7, 11) is 0. The van der Waals surface area contributed by atoms with Crippen LogP contribution in [0.4, 0.5) is 5.69 Å². The van der Waals surface area contributed by atoms with Gasteiger partial charge in [0.05, 0.1) is 0 Å². The van der Waals surface area contributed by atoms with E-state index in [1.165, 1.54) is 11.0 Å². The quantitative estimate of drug-likeness (QED) is 0.683. The van der Waals surface area contributed by atoms with Crippen molar-refractivity contribution in [3.05, 3.63) is 60.4 Å². The van der Waals surface area contributed by atoms with Gasteiger partial charge in [0.15, 0.2) is 0 Å². The smallest absolute Gasteiger partial charge is 0.248 e. The summed E-state index contributed by atoms with van der Waals surface area (Å²) in [6.07, 6.45) is 8.67. The van der Waals surface area contributed by atoms with Crippen LogP contribution in [0.5, 0.6) is 0 Å². The highest BCUT2D eigenvalue weighted by atomic mass is 32.2. The minimum atomic E-state index is -0.145. The molecule has 3 nitrogen and oxygen atoms in total. The summed E-state index contributed by atoms with van der Waals surface area (Å²) in [6.45, 7) is 0. The van der Waals surface area contributed by atoms with Crippen molar-refractivity contribution >= 4 is 29.4 Å². The van der Waals surface area contributed by atoms with Gasteiger partial charge in [0, 0.05) is 29.1 Å². The van der Waals surface area contributed by atoms with Gasteiger partial charge in [-0.05, 0) is 54.3 Å². The Labute approximate surface area is 116 Å². The number of carbonyl (C=O) groups is 1. The molecule has 0 atom stereocenters. The SMILES string of the molecule is CSc1ccc(NC(=O)C=Cc2ccncc2)cc1. The normalized spacial score (nSPS) is 10.6. The number of hydrogen-bond acceptors (Lipinski definition) is 3. The number of thioether (sulfide) groups is 1. The van der Waals surface area contributed by atoms with Crippen LogP contribution >= 0.6 is 11.8 Å². The van der Waals surface area contributed by atoms with E-state index in [-0.39, 0.29) is 5.91 Å². The van der Waals surface area contributed by atoms with Crippen molar-refractivity contribution in [2.24, 2.45) is 0 Å². The van der Waals surface area contributed by atoms with E-state index in [0.717, 1.165) is 11.3 Å². The first-order chi connectivity index (χ1) is 9.28. The van der Waals surface area contributed by atoms with E-state index in [0.29, 0.717) is 0 Å². The fourth-order valence-electron chi connectivity index (χ4n) is 1.50. The molecule has 1 aromatic carbocycles. The summed E-state index contributed by atoms with van der Waals surface area (Å²) >= 11 is 1.67. The van der Waals surface area contributed by atoms with Crippen LogP contribution in [0.2, 0.25) is 0 Å². The fraction of sp³-hybridized carbons (Fsp3) is 0.0667. The zero-order valence-corrected chi connectivity index (χ0v) is 11.4. The molecule has 2 rings (SSSR count). The van der Waals surface area contributed by atoms with Crippen molar-refractivity contribution in [3.8, 4) is 0 Å². The second-order valence-electron chi connectivity index (χ2n) is 3.83. The van der Waals surface area contributed by atoms with Gasteiger partial charge >= 0.3 is 0 Å². The van der Waals surface area contributed by atoms with E-state index in [9.17, 15) is 4.79 Å². The first kappa shape index (κ1) is 13.4. The van der Waals surface area contributed by atoms with Gasteiger partial charge in [0.25, 0.3) is 0 Å². The number of amides is 1. The van der Waals surface area contributed by atoms with Gasteiger partial charge in [-0.25, -0.2) is 0 Å². The number of nitrogens with one attached hydrogen (secondary N) is 1. The summed E-state index contributed by atoms with van der Waals surface area (Å²) in [5.74, 6) is -0.145. The lowest BCUT2D eigenvalue weighted by Crippen LogP contribution is -2.07. The molecule has 0 saturated heterocycles. The van der Waals surface area contributed by atoms with Crippen LogP contribution in [-0.4, -0.2) is 17.1 Å². The van der Waals surface area contributed by atoms with Crippen LogP contribution in [0.25, 0.3) is 6.08 Å². The largest absolute Gasteiger partial charge is 0.323 e. The molecule has 0 aliphatic heterocycles. The number of nitrogens with zero attached hydrogens (tertiary/aromatic N) is 1. The molecule has 0 spiro atoms. The van der Waals surface area contributed by atoms with E-state index in [4.69, 9.17) is 0 Å². The molecule has 1 aromatic heterocycles. The van der Waals surface area contributed by atoms with Crippen LogP contribution in [0.15, 0.2) is 59.8 Å². The third kappa shape index (κ3) is 4.26. The predicted molar refractivity (Wildman–Crippen MR) is 80.1 cm³/mol. The Kier molecular flexibility index (Phi) is 4.75. The van der Waals surface area contributed by atoms with Gasteiger partial charge in [-0.1, -0.05) is 0 Å². The molecule has 4 heteroatoms. The molecule has 1 amide bonds. The van der Waals surface area contributed by atoms with E-state index in [1.54, 1.807) is 30.2 Å². The van der Waals surface area contributed by atoms with Gasteiger partial charge in [0.2, 0.25) is 5.91 Å². The monoisotopic (exact) mass is 270 g/mol. The van der Waals surface area contributed by atoms with Crippen LogP contribution < -0.4 is 5.32 Å². The Balaban J connectivity index is 1.95. The standard InChI is InChI=1S/C15H14N2OS/c1-19-14-5-3-13(4-6-14)17-15(18)7-2-12-8-10-16-11-9-12/h2-11H,1H3,(H,17,18). The molecule has 0 unspecified atom stereocenters. The molecule has 0 fully saturated rings. The summed E-state index contributed by atoms with van der Waals surface area (Å²) in [5, 5.41) is 2.81. The second-order valence-corrected chi connectivity index (χ2v) is 4.71. The lowest BCUT2D eigenvalue weighted by molar-refractivity contribution is -0.111. The van der Waals surface area contributed by atoms with Crippen molar-refractivity contribution in [1.29, 1.82) is 0 Å². The molecule has 1 N–H and O–H groups in total. The lowest BCUT2D eigenvalue weighted by Gasteiger charge is -2.02. The highest BCUT2D eigenvalue weighted by Crippen LogP contribution is 2.17. The predicted octanol–water partition coefficient (Wildman–Crippen LogP) is 3.46. The van der Waals surface area contributed by atoms with Crippen LogP contribution in [-0.2, 0) is 4.79 Å². The summed E-state index contributed by atoms with van der Waals surface area (Å²) in [4.78, 5) is 16.8. The van der Waals surface area contributed by atoms with Crippen molar-refractivity contribution in [2.75, 3.05) is 11.6 Å². The van der Waals surface area contributed by atoms with E-state index in [2.05, 4.69) is 10.3 Å². The van der Waals surface area contributed by atoms with Gasteiger partial charge in [-0.2, -0.15) is 0 Å². The maximum atomic E-state index is 11.7. The summed E-state index contributed by atoms with van der Waals surface area (Å²) in [5.41, 5.74) is 1.74. The Bertz CT molecular complexity index is 564. The van der Waals surface area contributed by atoms with Crippen LogP contribution in [0, 0.1) is 0 Å². The van der Waals surface area contributed by atoms with Crippen molar-refractivity contribution in [1.82, 2.24) is 4.98 Å². The average molecular weight is 270 g/mol. The number of pyridine rings is 1. The number of carbonyl (C=O) groups excluding carboxylic acids is 1. The van der Waals surface area contributed by atoms with Crippen LogP contribution in [0.3, 0.4) is 0 Å². The molecule has 0 saturated carbocycles. The first-order valence-corrected chi connectivity index (χ1v) is 7.03. The van der Waals surface area contributed by atoms with Gasteiger partial charge < -0.3 is 5.32 Å². The van der Waals surface area contributed by atoms with E-state index >= 15 is 0 Å². The third-order valence-electron chi connectivity index (χ3n) is 2.49. The van der Waals surface area contributed by atoms with E-state index < -0.39 is 0 Å². The van der Waals surface area contributed by atoms with Crippen molar-refractivity contribution in [2.45, 2.75) is 4.90 Å². The molecule has 1 heterocycles. The fourth-order valence-corrected chi connectivity index (χ4v) is 1.91. The highest BCUT2D eigenvalue weighted by Gasteiger charge is 1.97. The van der Waals surface area contributed by atoms with E-state index in [1.807, 2.05) is 42.7 Å². The number of rotatable bonds is 4. The van der Waals surface area contributed by atoms with Crippen molar-refractivity contribution < 1.29 is 4.79 Å². The summed E-state index contributed by atoms with van der Waals surface area (Å²) in [6, 6.07) is 11.4. The molecular formula is C15H14N2OS. The second kappa shape index (κ2) is 6.75. The van der Waals surface area contributed by atoms with Crippen molar-refractivity contribution in [3.63, 3.8) is 0 Å². The number of anilines is 1. The average Bonchev–Trinajstić information content (AvgIpc) is 2.47.